The van der Waals surface area contributed by atoms with Gasteiger partial charge in [0.05, 0.1) is 12.1 Å². The van der Waals surface area contributed by atoms with Gasteiger partial charge in [-0.15, -0.1) is 12.4 Å². The molecule has 1 aromatic carbocycles. The number of ether oxygens (including phenoxy) is 1. The van der Waals surface area contributed by atoms with E-state index in [1.807, 2.05) is 12.1 Å². The standard InChI is InChI=1S/C20H27N3O3.ClH/c24-19(22-13-16-7-4-10-26-16)18-8-3-9-23(18)20(25)17-11-14-5-1-2-6-15(14)12-21-17;/h1-2,5-6,16-18,21H,3-4,7-13H2,(H,22,24);1H. The summed E-state index contributed by atoms with van der Waals surface area (Å²) < 4.78 is 5.56. The van der Waals surface area contributed by atoms with E-state index in [4.69, 9.17) is 4.74 Å². The minimum atomic E-state index is -0.345. The first kappa shape index (κ1) is 20.1. The van der Waals surface area contributed by atoms with Crippen LogP contribution in [-0.2, 0) is 27.3 Å². The van der Waals surface area contributed by atoms with Crippen molar-refractivity contribution in [2.75, 3.05) is 19.7 Å². The van der Waals surface area contributed by atoms with Crippen LogP contribution in [0, 0.1) is 0 Å². The second-order valence-electron chi connectivity index (χ2n) is 7.48. The Morgan fingerprint density at radius 2 is 2.00 bits per heavy atom. The summed E-state index contributed by atoms with van der Waals surface area (Å²) >= 11 is 0. The number of likely N-dealkylation sites (tertiary alicyclic amines) is 1. The average Bonchev–Trinajstić information content (AvgIpc) is 3.37. The molecule has 0 aromatic heterocycles. The Labute approximate surface area is 166 Å². The monoisotopic (exact) mass is 393 g/mol. The minimum Gasteiger partial charge on any atom is -0.376 e. The first-order chi connectivity index (χ1) is 12.7. The molecule has 1 aromatic rings. The van der Waals surface area contributed by atoms with Gasteiger partial charge in [0.25, 0.3) is 0 Å². The molecule has 0 bridgehead atoms. The second-order valence-corrected chi connectivity index (χ2v) is 7.48. The van der Waals surface area contributed by atoms with Gasteiger partial charge in [-0.3, -0.25) is 9.59 Å². The van der Waals surface area contributed by atoms with Crippen molar-refractivity contribution >= 4 is 24.2 Å². The number of carbonyl (C=O) groups excluding carboxylic acids is 2. The largest absolute Gasteiger partial charge is 0.376 e. The van der Waals surface area contributed by atoms with Crippen LogP contribution in [0.2, 0.25) is 0 Å². The molecule has 0 spiro atoms. The molecule has 0 saturated carbocycles. The molecule has 3 heterocycles. The normalized spacial score (nSPS) is 27.0. The number of carbonyl (C=O) groups is 2. The van der Waals surface area contributed by atoms with Crippen LogP contribution < -0.4 is 10.6 Å². The average molecular weight is 394 g/mol. The maximum Gasteiger partial charge on any atom is 0.242 e. The van der Waals surface area contributed by atoms with E-state index in [9.17, 15) is 9.59 Å². The quantitative estimate of drug-likeness (QED) is 0.811. The van der Waals surface area contributed by atoms with Gasteiger partial charge in [0, 0.05) is 26.2 Å². The SMILES string of the molecule is Cl.O=C(NCC1CCCO1)C1CCCN1C(=O)C1Cc2ccccc2CN1. The van der Waals surface area contributed by atoms with Crippen molar-refractivity contribution in [2.24, 2.45) is 0 Å². The molecule has 3 aliphatic rings. The van der Waals surface area contributed by atoms with Gasteiger partial charge in [0.2, 0.25) is 11.8 Å². The lowest BCUT2D eigenvalue weighted by Crippen LogP contribution is -2.54. The smallest absolute Gasteiger partial charge is 0.242 e. The summed E-state index contributed by atoms with van der Waals surface area (Å²) in [6, 6.07) is 7.65. The molecule has 2 N–H and O–H groups in total. The summed E-state index contributed by atoms with van der Waals surface area (Å²) in [5, 5.41) is 6.34. The van der Waals surface area contributed by atoms with Crippen LogP contribution in [0.3, 0.4) is 0 Å². The Morgan fingerprint density at radius 1 is 1.19 bits per heavy atom. The topological polar surface area (TPSA) is 70.7 Å². The van der Waals surface area contributed by atoms with Gasteiger partial charge in [-0.1, -0.05) is 24.3 Å². The van der Waals surface area contributed by atoms with E-state index in [0.717, 1.165) is 32.3 Å². The first-order valence-electron chi connectivity index (χ1n) is 9.72. The Morgan fingerprint density at radius 3 is 2.78 bits per heavy atom. The second kappa shape index (κ2) is 9.04. The summed E-state index contributed by atoms with van der Waals surface area (Å²) in [5.41, 5.74) is 2.48. The Kier molecular flexibility index (Phi) is 6.73. The van der Waals surface area contributed by atoms with Crippen molar-refractivity contribution < 1.29 is 14.3 Å². The highest BCUT2D eigenvalue weighted by Crippen LogP contribution is 2.23. The van der Waals surface area contributed by atoms with Gasteiger partial charge < -0.3 is 20.3 Å². The third kappa shape index (κ3) is 4.45. The number of hydrogen-bond donors (Lipinski definition) is 2. The molecule has 7 heteroatoms. The third-order valence-corrected chi connectivity index (χ3v) is 5.75. The molecular weight excluding hydrogens is 366 g/mol. The zero-order valence-electron chi connectivity index (χ0n) is 15.5. The van der Waals surface area contributed by atoms with Crippen LogP contribution in [0.1, 0.15) is 36.8 Å². The van der Waals surface area contributed by atoms with Gasteiger partial charge in [-0.25, -0.2) is 0 Å². The molecule has 2 amide bonds. The number of benzene rings is 1. The van der Waals surface area contributed by atoms with E-state index in [1.54, 1.807) is 4.90 Å². The van der Waals surface area contributed by atoms with Crippen LogP contribution >= 0.6 is 12.4 Å². The van der Waals surface area contributed by atoms with Gasteiger partial charge in [0.15, 0.2) is 0 Å². The number of amides is 2. The van der Waals surface area contributed by atoms with E-state index in [1.165, 1.54) is 11.1 Å². The summed E-state index contributed by atoms with van der Waals surface area (Å²) in [4.78, 5) is 27.4. The van der Waals surface area contributed by atoms with E-state index in [-0.39, 0.29) is 42.4 Å². The number of nitrogens with one attached hydrogen (secondary N) is 2. The molecule has 0 radical (unpaired) electrons. The lowest BCUT2D eigenvalue weighted by Gasteiger charge is -2.31. The molecule has 2 fully saturated rings. The summed E-state index contributed by atoms with van der Waals surface area (Å²) in [6.07, 6.45) is 4.50. The van der Waals surface area contributed by atoms with Crippen molar-refractivity contribution in [3.05, 3.63) is 35.4 Å². The fourth-order valence-corrected chi connectivity index (χ4v) is 4.27. The van der Waals surface area contributed by atoms with E-state index < -0.39 is 0 Å². The lowest BCUT2D eigenvalue weighted by molar-refractivity contribution is -0.140. The first-order valence-corrected chi connectivity index (χ1v) is 9.72. The van der Waals surface area contributed by atoms with Crippen molar-refractivity contribution in [1.82, 2.24) is 15.5 Å². The third-order valence-electron chi connectivity index (χ3n) is 5.75. The molecule has 4 rings (SSSR count). The molecule has 3 unspecified atom stereocenters. The van der Waals surface area contributed by atoms with Gasteiger partial charge in [-0.05, 0) is 43.2 Å². The molecule has 3 atom stereocenters. The fraction of sp³-hybridized carbons (Fsp3) is 0.600. The highest BCUT2D eigenvalue weighted by Gasteiger charge is 2.38. The molecule has 148 valence electrons. The van der Waals surface area contributed by atoms with Crippen molar-refractivity contribution in [3.8, 4) is 0 Å². The van der Waals surface area contributed by atoms with Crippen LogP contribution in [0.5, 0.6) is 0 Å². The molecule has 0 aliphatic carbocycles. The zero-order chi connectivity index (χ0) is 17.9. The Balaban J connectivity index is 0.00000210. The highest BCUT2D eigenvalue weighted by molar-refractivity contribution is 5.90. The van der Waals surface area contributed by atoms with Crippen molar-refractivity contribution in [2.45, 2.75) is 56.8 Å². The summed E-state index contributed by atoms with van der Waals surface area (Å²) in [5.74, 6) is 0.0110. The number of rotatable bonds is 4. The molecule has 2 saturated heterocycles. The summed E-state index contributed by atoms with van der Waals surface area (Å²) in [7, 11) is 0. The number of nitrogens with zero attached hydrogens (tertiary/aromatic N) is 1. The van der Waals surface area contributed by atoms with E-state index >= 15 is 0 Å². The minimum absolute atomic E-state index is 0. The number of hydrogen-bond acceptors (Lipinski definition) is 4. The van der Waals surface area contributed by atoms with Gasteiger partial charge in [0.1, 0.15) is 6.04 Å². The van der Waals surface area contributed by atoms with Gasteiger partial charge >= 0.3 is 0 Å². The van der Waals surface area contributed by atoms with Gasteiger partial charge in [-0.2, -0.15) is 0 Å². The number of halogens is 1. The van der Waals surface area contributed by atoms with Crippen molar-refractivity contribution in [3.63, 3.8) is 0 Å². The van der Waals surface area contributed by atoms with Crippen LogP contribution in [0.4, 0.5) is 0 Å². The van der Waals surface area contributed by atoms with Crippen LogP contribution in [0.25, 0.3) is 0 Å². The lowest BCUT2D eigenvalue weighted by atomic mass is 9.95. The summed E-state index contributed by atoms with van der Waals surface area (Å²) in [6.45, 7) is 2.70. The maximum atomic E-state index is 13.0. The number of fused-ring (bicyclic) bond motifs is 1. The Hall–Kier alpha value is -1.63. The molecule has 27 heavy (non-hydrogen) atoms. The Bertz CT molecular complexity index is 678. The van der Waals surface area contributed by atoms with E-state index in [2.05, 4.69) is 22.8 Å². The van der Waals surface area contributed by atoms with Crippen LogP contribution in [-0.4, -0.2) is 54.6 Å². The molecule has 6 nitrogen and oxygen atoms in total. The van der Waals surface area contributed by atoms with E-state index in [0.29, 0.717) is 26.1 Å². The highest BCUT2D eigenvalue weighted by atomic mass is 35.5. The maximum absolute atomic E-state index is 13.0. The van der Waals surface area contributed by atoms with Crippen molar-refractivity contribution in [1.29, 1.82) is 0 Å². The van der Waals surface area contributed by atoms with Crippen LogP contribution in [0.15, 0.2) is 24.3 Å². The predicted octanol–water partition coefficient (Wildman–Crippen LogP) is 1.41. The molecular formula is C20H28ClN3O3. The fourth-order valence-electron chi connectivity index (χ4n) is 4.27. The molecule has 3 aliphatic heterocycles. The zero-order valence-corrected chi connectivity index (χ0v) is 16.3. The predicted molar refractivity (Wildman–Crippen MR) is 105 cm³/mol.